The highest BCUT2D eigenvalue weighted by Crippen LogP contribution is 2.30. The van der Waals surface area contributed by atoms with Crippen LogP contribution in [0.2, 0.25) is 5.02 Å². The Morgan fingerprint density at radius 2 is 2.21 bits per heavy atom. The molecule has 1 aliphatic rings. The van der Waals surface area contributed by atoms with Gasteiger partial charge in [0.1, 0.15) is 12.6 Å². The third-order valence-electron chi connectivity index (χ3n) is 3.32. The van der Waals surface area contributed by atoms with E-state index in [0.29, 0.717) is 23.7 Å². The number of nitrogens with zero attached hydrogens (tertiary/aromatic N) is 2. The normalized spacial score (nSPS) is 18.8. The van der Waals surface area contributed by atoms with Crippen LogP contribution in [0.1, 0.15) is 6.42 Å². The van der Waals surface area contributed by atoms with Gasteiger partial charge < -0.3 is 14.9 Å². The number of likely N-dealkylation sites (N-methyl/N-ethyl adjacent to an activating group) is 1. The van der Waals surface area contributed by atoms with Gasteiger partial charge in [-0.15, -0.1) is 0 Å². The Morgan fingerprint density at radius 1 is 1.53 bits per heavy atom. The summed E-state index contributed by atoms with van der Waals surface area (Å²) in [5, 5.41) is 9.35. The zero-order chi connectivity index (χ0) is 14.0. The smallest absolute Gasteiger partial charge is 0.249 e. The number of para-hydroxylation sites is 1. The first kappa shape index (κ1) is 13.8. The van der Waals surface area contributed by atoms with Crippen LogP contribution in [0.3, 0.4) is 0 Å². The molecule has 1 N–H and O–H groups in total. The second-order valence-corrected chi connectivity index (χ2v) is 4.82. The number of hydrogen-bond acceptors (Lipinski definition) is 3. The number of aliphatic hydroxyl groups excluding tert-OH is 1. The van der Waals surface area contributed by atoms with Gasteiger partial charge in [-0.1, -0.05) is 23.7 Å². The molecule has 1 unspecified atom stereocenters. The molecule has 0 aliphatic carbocycles. The van der Waals surface area contributed by atoms with Crippen molar-refractivity contribution in [2.24, 2.45) is 0 Å². The van der Waals surface area contributed by atoms with Gasteiger partial charge in [0.15, 0.2) is 0 Å². The second kappa shape index (κ2) is 5.59. The summed E-state index contributed by atoms with van der Waals surface area (Å²) in [6, 6.07) is 6.57. The predicted molar refractivity (Wildman–Crippen MR) is 72.1 cm³/mol. The molecule has 0 radical (unpaired) electrons. The average Bonchev–Trinajstić information content (AvgIpc) is 2.79. The van der Waals surface area contributed by atoms with Crippen molar-refractivity contribution in [3.63, 3.8) is 0 Å². The monoisotopic (exact) mass is 282 g/mol. The minimum atomic E-state index is -0.591. The number of hydrogen-bond donors (Lipinski definition) is 1. The lowest BCUT2D eigenvalue weighted by molar-refractivity contribution is -0.138. The van der Waals surface area contributed by atoms with Gasteiger partial charge in [0.25, 0.3) is 0 Å². The highest BCUT2D eigenvalue weighted by atomic mass is 35.5. The average molecular weight is 283 g/mol. The molecule has 2 amide bonds. The molecule has 1 fully saturated rings. The fraction of sp³-hybridized carbons (Fsp3) is 0.385. The second-order valence-electron chi connectivity index (χ2n) is 4.41. The van der Waals surface area contributed by atoms with Gasteiger partial charge in [-0.2, -0.15) is 0 Å². The van der Waals surface area contributed by atoms with Crippen molar-refractivity contribution in [1.29, 1.82) is 0 Å². The van der Waals surface area contributed by atoms with Crippen molar-refractivity contribution < 1.29 is 14.7 Å². The van der Waals surface area contributed by atoms with E-state index in [1.165, 1.54) is 11.9 Å². The Morgan fingerprint density at radius 3 is 2.84 bits per heavy atom. The number of carbonyl (C=O) groups is 2. The molecule has 0 bridgehead atoms. The van der Waals surface area contributed by atoms with E-state index >= 15 is 0 Å². The first-order valence-corrected chi connectivity index (χ1v) is 6.36. The molecular formula is C13H15ClN2O3. The Kier molecular flexibility index (Phi) is 4.07. The molecule has 1 atom stereocenters. The summed E-state index contributed by atoms with van der Waals surface area (Å²) in [7, 11) is 1.53. The number of carbonyl (C=O) groups excluding carboxylic acids is 2. The minimum Gasteiger partial charge on any atom is -0.387 e. The highest BCUT2D eigenvalue weighted by Gasteiger charge is 2.37. The maximum Gasteiger partial charge on any atom is 0.249 e. The van der Waals surface area contributed by atoms with E-state index in [1.54, 1.807) is 23.1 Å². The molecule has 1 heterocycles. The fourth-order valence-electron chi connectivity index (χ4n) is 2.22. The number of anilines is 1. The molecule has 19 heavy (non-hydrogen) atoms. The van der Waals surface area contributed by atoms with E-state index in [4.69, 9.17) is 16.7 Å². The van der Waals surface area contributed by atoms with Crippen LogP contribution in [0.15, 0.2) is 24.3 Å². The van der Waals surface area contributed by atoms with Gasteiger partial charge in [-0.05, 0) is 18.6 Å². The van der Waals surface area contributed by atoms with Gasteiger partial charge in [0, 0.05) is 13.6 Å². The Labute approximate surface area is 116 Å². The van der Waals surface area contributed by atoms with Crippen LogP contribution in [0, 0.1) is 0 Å². The molecule has 1 aliphatic heterocycles. The van der Waals surface area contributed by atoms with Crippen molar-refractivity contribution in [1.82, 2.24) is 4.90 Å². The first-order chi connectivity index (χ1) is 9.06. The van der Waals surface area contributed by atoms with E-state index in [1.807, 2.05) is 6.07 Å². The van der Waals surface area contributed by atoms with Gasteiger partial charge in [0.2, 0.25) is 11.8 Å². The zero-order valence-corrected chi connectivity index (χ0v) is 11.3. The summed E-state index contributed by atoms with van der Waals surface area (Å²) in [4.78, 5) is 26.6. The van der Waals surface area contributed by atoms with Crippen molar-refractivity contribution in [2.75, 3.05) is 25.1 Å². The summed E-state index contributed by atoms with van der Waals surface area (Å²) in [6.07, 6.45) is 0.534. The molecule has 6 heteroatoms. The molecule has 0 aromatic heterocycles. The zero-order valence-electron chi connectivity index (χ0n) is 10.5. The Bertz CT molecular complexity index is 506. The van der Waals surface area contributed by atoms with Crippen molar-refractivity contribution in [2.45, 2.75) is 12.5 Å². The number of aliphatic hydroxyl groups is 1. The number of amides is 2. The Balaban J connectivity index is 2.19. The van der Waals surface area contributed by atoms with Crippen LogP contribution in [0.4, 0.5) is 5.69 Å². The van der Waals surface area contributed by atoms with E-state index in [9.17, 15) is 9.59 Å². The van der Waals surface area contributed by atoms with Crippen molar-refractivity contribution in [3.05, 3.63) is 29.3 Å². The van der Waals surface area contributed by atoms with Crippen LogP contribution in [-0.4, -0.2) is 48.1 Å². The van der Waals surface area contributed by atoms with Gasteiger partial charge in [-0.3, -0.25) is 9.59 Å². The van der Waals surface area contributed by atoms with Crippen LogP contribution >= 0.6 is 11.6 Å². The molecule has 0 spiro atoms. The quantitative estimate of drug-likeness (QED) is 0.896. The molecular weight excluding hydrogens is 268 g/mol. The molecule has 0 saturated carbocycles. The molecule has 5 nitrogen and oxygen atoms in total. The number of rotatable bonds is 3. The van der Waals surface area contributed by atoms with Crippen molar-refractivity contribution in [3.8, 4) is 0 Å². The number of halogens is 1. The summed E-state index contributed by atoms with van der Waals surface area (Å²) in [5.41, 5.74) is 0.654. The van der Waals surface area contributed by atoms with E-state index in [0.717, 1.165) is 0 Å². The lowest BCUT2D eigenvalue weighted by Gasteiger charge is -2.23. The maximum absolute atomic E-state index is 12.3. The topological polar surface area (TPSA) is 60.9 Å². The Hall–Kier alpha value is -1.59. The van der Waals surface area contributed by atoms with Crippen LogP contribution in [0.5, 0.6) is 0 Å². The van der Waals surface area contributed by atoms with Crippen LogP contribution in [0.25, 0.3) is 0 Å². The van der Waals surface area contributed by atoms with Crippen molar-refractivity contribution >= 4 is 29.1 Å². The van der Waals surface area contributed by atoms with Gasteiger partial charge >= 0.3 is 0 Å². The predicted octanol–water partition coefficient (Wildman–Crippen LogP) is 0.896. The summed E-state index contributed by atoms with van der Waals surface area (Å²) < 4.78 is 0. The summed E-state index contributed by atoms with van der Waals surface area (Å²) in [5.74, 6) is -0.628. The van der Waals surface area contributed by atoms with Gasteiger partial charge in [-0.25, -0.2) is 0 Å². The molecule has 2 rings (SSSR count). The highest BCUT2D eigenvalue weighted by molar-refractivity contribution is 6.34. The molecule has 1 aromatic rings. The minimum absolute atomic E-state index is 0.169. The largest absolute Gasteiger partial charge is 0.387 e. The van der Waals surface area contributed by atoms with Crippen LogP contribution in [-0.2, 0) is 9.59 Å². The fourth-order valence-corrected chi connectivity index (χ4v) is 2.46. The third-order valence-corrected chi connectivity index (χ3v) is 3.64. The van der Waals surface area contributed by atoms with Crippen LogP contribution < -0.4 is 4.90 Å². The maximum atomic E-state index is 12.3. The van der Waals surface area contributed by atoms with Gasteiger partial charge in [0.05, 0.1) is 10.7 Å². The van der Waals surface area contributed by atoms with E-state index in [-0.39, 0.29) is 5.91 Å². The molecule has 102 valence electrons. The van der Waals surface area contributed by atoms with E-state index < -0.39 is 18.6 Å². The summed E-state index contributed by atoms with van der Waals surface area (Å²) >= 11 is 6.07. The third kappa shape index (κ3) is 2.57. The lowest BCUT2D eigenvalue weighted by atomic mass is 10.2. The van der Waals surface area contributed by atoms with E-state index in [2.05, 4.69) is 0 Å². The first-order valence-electron chi connectivity index (χ1n) is 5.98. The summed E-state index contributed by atoms with van der Waals surface area (Å²) in [6.45, 7) is -0.0807. The standard InChI is InChI=1S/C13H15ClN2O3/c1-15(12(18)8-17)11-6-7-16(13(11)19)10-5-3-2-4-9(10)14/h2-5,11,17H,6-8H2,1H3. The molecule has 1 aromatic carbocycles. The lowest BCUT2D eigenvalue weighted by Crippen LogP contribution is -2.44. The SMILES string of the molecule is CN(C(=O)CO)C1CCN(c2ccccc2Cl)C1=O. The molecule has 1 saturated heterocycles. The number of benzene rings is 1.